The average molecular weight is 1660 g/mol. The number of benzene rings is 2. The standard InChI is InChI=1S/2C22H30O2.C17H28O2.C16H24O3.C16H26O2.C10H16O4.C2H6/c2*1-20(2,3)15-24-19(23)22-12-16-9-17(13-22)11-21(10-16,14-22)18-7-5-4-6-8-18;1-15(2,3)11-19-14(18)17-8-12-5-13(9-17)7-16(4,6-12)10-17;1-15(2,3)9-19-14(18)16-6-10-4-11(7-16)13(17)12(5-10)8-16;1-15(2,3)10-18-14(17)16-7-11-4-12(8-16)6-13(5-11)9-16;1-10(2,3)6-14-9(12)7-4-5-13-8(7)11;1-2/h2*4-8,16-17H,9-15H2,1-3H3;12-13H,5-11H2,1-4H3;10-12H,4-9H2,1-3H3;11-13H,4-10H2,1-3H3;7H,4-6H2,1-3H3;1-2H3. The van der Waals surface area contributed by atoms with Gasteiger partial charge in [0.05, 0.1) is 73.3 Å². The van der Waals surface area contributed by atoms with Crippen molar-refractivity contribution in [2.45, 2.75) is 349 Å². The fourth-order valence-corrected chi connectivity index (χ4v) is 27.9. The first kappa shape index (κ1) is 93.6. The third kappa shape index (κ3) is 22.2. The van der Waals surface area contributed by atoms with Crippen LogP contribution >= 0.6 is 0 Å². The predicted octanol–water partition coefficient (Wildman–Crippen LogP) is 23.3. The Hall–Kier alpha value is -5.60. The Labute approximate surface area is 723 Å². The summed E-state index contributed by atoms with van der Waals surface area (Å²) in [7, 11) is 0. The number of carbonyl (C=O) groups excluding carboxylic acids is 8. The van der Waals surface area contributed by atoms with Crippen molar-refractivity contribution >= 4 is 47.6 Å². The molecule has 1 heterocycles. The van der Waals surface area contributed by atoms with Gasteiger partial charge in [-0.15, -0.1) is 0 Å². The molecule has 20 aliphatic carbocycles. The number of Topliss-reactive ketones (excluding diaryl/α,β-unsaturated/α-hetero) is 1. The van der Waals surface area contributed by atoms with Crippen LogP contribution in [0.1, 0.15) is 349 Å². The minimum absolute atomic E-state index is 0.00771. The molecular weight excluding hydrogens is 1500 g/mol. The van der Waals surface area contributed by atoms with Gasteiger partial charge in [-0.1, -0.05) is 206 Å². The molecule has 1 saturated heterocycles. The van der Waals surface area contributed by atoms with Gasteiger partial charge in [0, 0.05) is 18.3 Å². The van der Waals surface area contributed by atoms with Crippen molar-refractivity contribution < 1.29 is 71.5 Å². The number of esters is 7. The number of hydrogen-bond acceptors (Lipinski definition) is 15. The molecule has 20 bridgehead atoms. The van der Waals surface area contributed by atoms with Crippen molar-refractivity contribution in [1.29, 1.82) is 0 Å². The second-order valence-corrected chi connectivity index (χ2v) is 50.4. The molecule has 21 fully saturated rings. The maximum atomic E-state index is 13.1. The molecule has 0 aromatic heterocycles. The zero-order chi connectivity index (χ0) is 87.5. The summed E-state index contributed by atoms with van der Waals surface area (Å²) in [6.07, 6.45) is 33.7. The van der Waals surface area contributed by atoms with Crippen LogP contribution in [-0.4, -0.2) is 93.8 Å². The molecule has 20 saturated carbocycles. The van der Waals surface area contributed by atoms with Gasteiger partial charge in [0.15, 0.2) is 5.92 Å². The van der Waals surface area contributed by atoms with Crippen LogP contribution in [0.2, 0.25) is 0 Å². The molecule has 0 spiro atoms. The fourth-order valence-electron chi connectivity index (χ4n) is 27.9. The number of carbonyl (C=O) groups is 8. The van der Waals surface area contributed by atoms with E-state index in [0.717, 1.165) is 139 Å². The first-order valence-electron chi connectivity index (χ1n) is 47.7. The lowest BCUT2D eigenvalue weighted by molar-refractivity contribution is -0.181. The highest BCUT2D eigenvalue weighted by Crippen LogP contribution is 2.70. The third-order valence-corrected chi connectivity index (χ3v) is 30.5. The zero-order valence-corrected chi connectivity index (χ0v) is 78.6. The van der Waals surface area contributed by atoms with Crippen molar-refractivity contribution in [3.63, 3.8) is 0 Å². The van der Waals surface area contributed by atoms with Crippen LogP contribution in [0.25, 0.3) is 0 Å². The zero-order valence-electron chi connectivity index (χ0n) is 78.6. The summed E-state index contributed by atoms with van der Waals surface area (Å²) in [5, 5.41) is 0. The van der Waals surface area contributed by atoms with Crippen molar-refractivity contribution in [2.75, 3.05) is 46.2 Å². The first-order chi connectivity index (χ1) is 55.9. The molecule has 21 aliphatic rings. The summed E-state index contributed by atoms with van der Waals surface area (Å²) < 4.78 is 38.3. The van der Waals surface area contributed by atoms with Crippen molar-refractivity contribution in [2.24, 2.45) is 142 Å². The molecular formula is C105H160O15. The Kier molecular flexibility index (Phi) is 27.5. The lowest BCUT2D eigenvalue weighted by atomic mass is 9.43. The largest absolute Gasteiger partial charge is 0.465 e. The lowest BCUT2D eigenvalue weighted by Crippen LogP contribution is -2.57. The molecule has 670 valence electrons. The maximum Gasteiger partial charge on any atom is 0.320 e. The van der Waals surface area contributed by atoms with E-state index in [9.17, 15) is 38.4 Å². The molecule has 15 nitrogen and oxygen atoms in total. The molecule has 0 N–H and O–H groups in total. The van der Waals surface area contributed by atoms with Gasteiger partial charge < -0.3 is 33.2 Å². The summed E-state index contributed by atoms with van der Waals surface area (Å²) in [6.45, 7) is 47.4. The van der Waals surface area contributed by atoms with E-state index >= 15 is 0 Å². The highest BCUT2D eigenvalue weighted by atomic mass is 16.6. The maximum absolute atomic E-state index is 13.1. The molecule has 23 rings (SSSR count). The molecule has 15 heteroatoms. The Morgan fingerprint density at radius 2 is 0.583 bits per heavy atom. The summed E-state index contributed by atoms with van der Waals surface area (Å²) in [5.41, 5.74) is 2.95. The summed E-state index contributed by atoms with van der Waals surface area (Å²) >= 11 is 0. The van der Waals surface area contributed by atoms with Gasteiger partial charge in [-0.2, -0.15) is 0 Å². The molecule has 2 aromatic rings. The van der Waals surface area contributed by atoms with Crippen molar-refractivity contribution in [1.82, 2.24) is 0 Å². The van der Waals surface area contributed by atoms with E-state index in [4.69, 9.17) is 28.4 Å². The minimum atomic E-state index is -0.697. The highest BCUT2D eigenvalue weighted by molar-refractivity contribution is 5.96. The second-order valence-electron chi connectivity index (χ2n) is 50.4. The number of rotatable bonds is 14. The van der Waals surface area contributed by atoms with Gasteiger partial charge in [0.1, 0.15) is 5.78 Å². The second kappa shape index (κ2) is 35.3. The summed E-state index contributed by atoms with van der Waals surface area (Å²) in [4.78, 5) is 98.4. The molecule has 120 heavy (non-hydrogen) atoms. The van der Waals surface area contributed by atoms with Crippen LogP contribution in [0.5, 0.6) is 0 Å². The van der Waals surface area contributed by atoms with Crippen molar-refractivity contribution in [3.05, 3.63) is 71.8 Å². The summed E-state index contributed by atoms with van der Waals surface area (Å²) in [5.74, 6) is 6.91. The number of hydrogen-bond donors (Lipinski definition) is 0. The molecule has 0 amide bonds. The molecule has 9 atom stereocenters. The molecule has 1 aliphatic heterocycles. The van der Waals surface area contributed by atoms with Gasteiger partial charge in [0.2, 0.25) is 0 Å². The Balaban J connectivity index is 0.000000133. The van der Waals surface area contributed by atoms with Crippen LogP contribution in [0.4, 0.5) is 0 Å². The first-order valence-corrected chi connectivity index (χ1v) is 47.7. The fraction of sp³-hybridized carbons (Fsp3) is 0.810. The van der Waals surface area contributed by atoms with Crippen LogP contribution in [0.3, 0.4) is 0 Å². The normalized spacial score (nSPS) is 37.4. The van der Waals surface area contributed by atoms with E-state index in [0.29, 0.717) is 93.5 Å². The Morgan fingerprint density at radius 1 is 0.325 bits per heavy atom. The number of ether oxygens (including phenoxy) is 7. The van der Waals surface area contributed by atoms with Crippen LogP contribution in [-0.2, 0) is 82.3 Å². The Morgan fingerprint density at radius 3 is 0.875 bits per heavy atom. The smallest absolute Gasteiger partial charge is 0.320 e. The monoisotopic (exact) mass is 1660 g/mol. The van der Waals surface area contributed by atoms with E-state index in [1.54, 1.807) is 0 Å². The minimum Gasteiger partial charge on any atom is -0.465 e. The van der Waals surface area contributed by atoms with Crippen LogP contribution in [0.15, 0.2) is 60.7 Å². The lowest BCUT2D eigenvalue weighted by Gasteiger charge is -2.61. The van der Waals surface area contributed by atoms with E-state index in [-0.39, 0.29) is 112 Å². The van der Waals surface area contributed by atoms with Gasteiger partial charge in [-0.25, -0.2) is 0 Å². The number of ketones is 1. The number of cyclic esters (lactones) is 1. The molecule has 2 aromatic carbocycles. The van der Waals surface area contributed by atoms with Crippen LogP contribution in [0, 0.1) is 142 Å². The predicted molar refractivity (Wildman–Crippen MR) is 470 cm³/mol. The SMILES string of the molecule is CC.CC(C)(C)COC(=O)C12CC3CC(C1)C(=O)C(C3)C2.CC(C)(C)COC(=O)C12CC3CC(C1)CC(c1ccccc1)(C3)C2.CC(C)(C)COC(=O)C12CC3CC(C1)CC(c1ccccc1)(C3)C2.CC(C)(C)COC(=O)C12CC3CC(CC(C)(C3)C1)C2.CC(C)(C)COC(=O)C12CC3CC(CC(C3)C1)C2.CC(C)(C)COC(=O)C1CCOC1=O. The average Bonchev–Trinajstić information content (AvgIpc) is 0.750. The molecule has 9 unspecified atom stereocenters. The summed E-state index contributed by atoms with van der Waals surface area (Å²) in [6, 6.07) is 21.9. The van der Waals surface area contributed by atoms with Gasteiger partial charge in [-0.05, 0) is 305 Å². The van der Waals surface area contributed by atoms with Gasteiger partial charge in [0.25, 0.3) is 0 Å². The van der Waals surface area contributed by atoms with E-state index in [1.165, 1.54) is 88.2 Å². The highest BCUT2D eigenvalue weighted by Gasteiger charge is 2.66. The van der Waals surface area contributed by atoms with Crippen LogP contribution < -0.4 is 0 Å². The molecule has 0 radical (unpaired) electrons. The van der Waals surface area contributed by atoms with E-state index in [1.807, 2.05) is 34.6 Å². The third-order valence-electron chi connectivity index (χ3n) is 30.5. The van der Waals surface area contributed by atoms with E-state index in [2.05, 4.69) is 176 Å². The quantitative estimate of drug-likeness (QED) is 0.0981. The Bertz CT molecular complexity index is 3720. The van der Waals surface area contributed by atoms with Crippen molar-refractivity contribution in [3.8, 4) is 0 Å². The van der Waals surface area contributed by atoms with Gasteiger partial charge >= 0.3 is 41.8 Å². The van der Waals surface area contributed by atoms with Gasteiger partial charge in [-0.3, -0.25) is 38.4 Å². The van der Waals surface area contributed by atoms with E-state index < -0.39 is 17.9 Å². The topological polar surface area (TPSA) is 201 Å².